The van der Waals surface area contributed by atoms with E-state index in [9.17, 15) is 9.59 Å². The second kappa shape index (κ2) is 8.94. The summed E-state index contributed by atoms with van der Waals surface area (Å²) in [5, 5.41) is 1.04. The van der Waals surface area contributed by atoms with Gasteiger partial charge in [0.05, 0.1) is 20.3 Å². The van der Waals surface area contributed by atoms with Gasteiger partial charge >= 0.3 is 6.03 Å². The Hall–Kier alpha value is -3.36. The van der Waals surface area contributed by atoms with Crippen LogP contribution < -0.4 is 4.74 Å². The number of nitrogens with zero attached hydrogens (tertiary/aromatic N) is 3. The van der Waals surface area contributed by atoms with Crippen LogP contribution in [0.1, 0.15) is 36.2 Å². The van der Waals surface area contributed by atoms with Gasteiger partial charge in [-0.25, -0.2) is 4.79 Å². The standard InChI is InChI=1S/C28H32N4O4/c1-28-18-22-21-17-20(35-2)9-10-23(21)29-24(22)25(19-7-4-3-5-8-19)32(28)27(34)31(26(28)33)12-6-11-30-13-15-36-16-14-30/h3-5,7-10,17,25,29H,6,11-16,18H2,1-2H3/t25-,28+/m1/s1. The topological polar surface area (TPSA) is 78.1 Å². The number of amides is 3. The van der Waals surface area contributed by atoms with E-state index in [1.54, 1.807) is 7.11 Å². The van der Waals surface area contributed by atoms with Crippen molar-refractivity contribution in [1.82, 2.24) is 19.7 Å². The molecule has 3 aromatic rings. The third kappa shape index (κ3) is 3.59. The van der Waals surface area contributed by atoms with Gasteiger partial charge < -0.3 is 14.5 Å². The molecule has 2 fully saturated rings. The van der Waals surface area contributed by atoms with Gasteiger partial charge in [0, 0.05) is 49.2 Å². The van der Waals surface area contributed by atoms with Crippen molar-refractivity contribution in [1.29, 1.82) is 0 Å². The molecule has 3 amide bonds. The Morgan fingerprint density at radius 1 is 1.08 bits per heavy atom. The lowest BCUT2D eigenvalue weighted by atomic mass is 9.81. The van der Waals surface area contributed by atoms with Crippen LogP contribution >= 0.6 is 0 Å². The summed E-state index contributed by atoms with van der Waals surface area (Å²) in [5.74, 6) is 0.657. The summed E-state index contributed by atoms with van der Waals surface area (Å²) in [6, 6.07) is 15.4. The zero-order valence-electron chi connectivity index (χ0n) is 20.8. The van der Waals surface area contributed by atoms with Crippen molar-refractivity contribution in [3.8, 4) is 5.75 Å². The summed E-state index contributed by atoms with van der Waals surface area (Å²) in [6.45, 7) is 6.46. The summed E-state index contributed by atoms with van der Waals surface area (Å²) in [4.78, 5) is 37.0. The first-order valence-electron chi connectivity index (χ1n) is 12.7. The van der Waals surface area contributed by atoms with E-state index < -0.39 is 5.54 Å². The molecule has 188 valence electrons. The van der Waals surface area contributed by atoms with E-state index in [0.717, 1.165) is 72.7 Å². The summed E-state index contributed by atoms with van der Waals surface area (Å²) >= 11 is 0. The SMILES string of the molecule is COc1ccc2[nH]c3c(c2c1)C[C@@]1(C)C(=O)N(CCCN2CCOCC2)C(=O)N1[C@@H]3c1ccccc1. The number of aromatic nitrogens is 1. The first-order chi connectivity index (χ1) is 17.5. The lowest BCUT2D eigenvalue weighted by Crippen LogP contribution is -2.53. The van der Waals surface area contributed by atoms with Crippen LogP contribution in [-0.4, -0.2) is 83.7 Å². The van der Waals surface area contributed by atoms with E-state index in [2.05, 4.69) is 9.88 Å². The Bertz CT molecular complexity index is 1300. The van der Waals surface area contributed by atoms with Gasteiger partial charge in [-0.2, -0.15) is 0 Å². The number of nitrogens with one attached hydrogen (secondary N) is 1. The number of ether oxygens (including phenoxy) is 2. The van der Waals surface area contributed by atoms with Crippen LogP contribution in [0.2, 0.25) is 0 Å². The number of urea groups is 1. The molecule has 8 nitrogen and oxygen atoms in total. The minimum Gasteiger partial charge on any atom is -0.497 e. The molecule has 4 heterocycles. The minimum atomic E-state index is -0.957. The molecule has 0 spiro atoms. The zero-order valence-corrected chi connectivity index (χ0v) is 20.8. The largest absolute Gasteiger partial charge is 0.497 e. The van der Waals surface area contributed by atoms with Gasteiger partial charge in [0.1, 0.15) is 17.3 Å². The smallest absolute Gasteiger partial charge is 0.328 e. The Balaban J connectivity index is 1.38. The first kappa shape index (κ1) is 23.1. The fourth-order valence-electron chi connectivity index (χ4n) is 6.08. The molecular weight excluding hydrogens is 456 g/mol. The van der Waals surface area contributed by atoms with E-state index in [1.807, 2.05) is 60.4 Å². The molecule has 36 heavy (non-hydrogen) atoms. The van der Waals surface area contributed by atoms with Crippen molar-refractivity contribution < 1.29 is 19.1 Å². The number of morpholine rings is 1. The van der Waals surface area contributed by atoms with Crippen LogP contribution in [0.5, 0.6) is 5.75 Å². The van der Waals surface area contributed by atoms with Gasteiger partial charge in [0.2, 0.25) is 0 Å². The van der Waals surface area contributed by atoms with E-state index in [1.165, 1.54) is 4.90 Å². The zero-order chi connectivity index (χ0) is 24.9. The maximum absolute atomic E-state index is 13.9. The third-order valence-corrected chi connectivity index (χ3v) is 7.95. The molecule has 3 aliphatic heterocycles. The number of benzene rings is 2. The number of carbonyl (C=O) groups excluding carboxylic acids is 2. The molecule has 0 saturated carbocycles. The van der Waals surface area contributed by atoms with Crippen molar-refractivity contribution in [3.05, 3.63) is 65.4 Å². The molecule has 2 atom stereocenters. The Kier molecular flexibility index (Phi) is 5.73. The van der Waals surface area contributed by atoms with Crippen LogP contribution in [0.3, 0.4) is 0 Å². The molecule has 0 radical (unpaired) electrons. The maximum atomic E-state index is 13.9. The summed E-state index contributed by atoms with van der Waals surface area (Å²) < 4.78 is 10.9. The van der Waals surface area contributed by atoms with Crippen molar-refractivity contribution in [2.45, 2.75) is 31.3 Å². The van der Waals surface area contributed by atoms with Crippen LogP contribution in [-0.2, 0) is 16.0 Å². The highest BCUT2D eigenvalue weighted by Gasteiger charge is 2.60. The van der Waals surface area contributed by atoms with Crippen molar-refractivity contribution in [2.75, 3.05) is 46.5 Å². The fraction of sp³-hybridized carbons (Fsp3) is 0.429. The van der Waals surface area contributed by atoms with Gasteiger partial charge in [-0.3, -0.25) is 19.5 Å². The molecule has 0 aliphatic carbocycles. The molecule has 1 N–H and O–H groups in total. The number of hydrogen-bond acceptors (Lipinski definition) is 5. The van der Waals surface area contributed by atoms with Gasteiger partial charge in [0.25, 0.3) is 5.91 Å². The number of H-pyrrole nitrogens is 1. The summed E-state index contributed by atoms with van der Waals surface area (Å²) in [5.41, 5.74) is 3.06. The van der Waals surface area contributed by atoms with Crippen molar-refractivity contribution in [3.63, 3.8) is 0 Å². The molecule has 2 saturated heterocycles. The predicted molar refractivity (Wildman–Crippen MR) is 136 cm³/mol. The summed E-state index contributed by atoms with van der Waals surface area (Å²) in [7, 11) is 1.66. The predicted octanol–water partition coefficient (Wildman–Crippen LogP) is 3.57. The second-order valence-electron chi connectivity index (χ2n) is 10.1. The number of rotatable bonds is 6. The molecule has 8 heteroatoms. The molecule has 0 bridgehead atoms. The Labute approximate surface area is 210 Å². The van der Waals surface area contributed by atoms with Gasteiger partial charge in [0.15, 0.2) is 0 Å². The van der Waals surface area contributed by atoms with Crippen LogP contribution in [0.15, 0.2) is 48.5 Å². The molecule has 1 aromatic heterocycles. The Morgan fingerprint density at radius 3 is 2.61 bits per heavy atom. The van der Waals surface area contributed by atoms with Crippen LogP contribution in [0.25, 0.3) is 10.9 Å². The average Bonchev–Trinajstić information content (AvgIpc) is 3.35. The number of hydrogen-bond donors (Lipinski definition) is 1. The monoisotopic (exact) mass is 488 g/mol. The molecule has 0 unspecified atom stereocenters. The number of aromatic amines is 1. The van der Waals surface area contributed by atoms with E-state index in [4.69, 9.17) is 9.47 Å². The van der Waals surface area contributed by atoms with Crippen LogP contribution in [0.4, 0.5) is 4.79 Å². The van der Waals surface area contributed by atoms with Gasteiger partial charge in [-0.1, -0.05) is 30.3 Å². The molecule has 3 aliphatic rings. The molecule has 6 rings (SSSR count). The molecule has 2 aromatic carbocycles. The normalized spacial score (nSPS) is 24.3. The lowest BCUT2D eigenvalue weighted by molar-refractivity contribution is -0.133. The number of carbonyl (C=O) groups is 2. The van der Waals surface area contributed by atoms with Gasteiger partial charge in [-0.05, 0) is 42.7 Å². The third-order valence-electron chi connectivity index (χ3n) is 7.95. The lowest BCUT2D eigenvalue weighted by Gasteiger charge is -2.42. The molecular formula is C28H32N4O4. The highest BCUT2D eigenvalue weighted by Crippen LogP contribution is 2.49. The minimum absolute atomic E-state index is 0.113. The van der Waals surface area contributed by atoms with Crippen molar-refractivity contribution in [2.24, 2.45) is 0 Å². The van der Waals surface area contributed by atoms with E-state index >= 15 is 0 Å². The number of fused-ring (bicyclic) bond motifs is 4. The number of methoxy groups -OCH3 is 1. The summed E-state index contributed by atoms with van der Waals surface area (Å²) in [6.07, 6.45) is 1.21. The van der Waals surface area contributed by atoms with Crippen molar-refractivity contribution >= 4 is 22.8 Å². The highest BCUT2D eigenvalue weighted by molar-refractivity contribution is 6.08. The van der Waals surface area contributed by atoms with E-state index in [-0.39, 0.29) is 18.0 Å². The average molecular weight is 489 g/mol. The Morgan fingerprint density at radius 2 is 1.86 bits per heavy atom. The highest BCUT2D eigenvalue weighted by atomic mass is 16.5. The van der Waals surface area contributed by atoms with E-state index in [0.29, 0.717) is 13.0 Å². The second-order valence-corrected chi connectivity index (χ2v) is 10.1. The van der Waals surface area contributed by atoms with Gasteiger partial charge in [-0.15, -0.1) is 0 Å². The maximum Gasteiger partial charge on any atom is 0.328 e. The number of imide groups is 1. The first-order valence-corrected chi connectivity index (χ1v) is 12.7. The quantitative estimate of drug-likeness (QED) is 0.537. The van der Waals surface area contributed by atoms with Crippen LogP contribution in [0, 0.1) is 0 Å². The fourth-order valence-corrected chi connectivity index (χ4v) is 6.08.